The lowest BCUT2D eigenvalue weighted by atomic mass is 10.3. The molecule has 54 valence electrons. The summed E-state index contributed by atoms with van der Waals surface area (Å²) in [6, 6.07) is 7.55. The van der Waals surface area contributed by atoms with Gasteiger partial charge in [0.05, 0.1) is 0 Å². The molecule has 0 radical (unpaired) electrons. The third kappa shape index (κ3) is 1.63. The standard InChI is InChI=1S/C6H9N3S/c7-9-5-1-3-6(10-8)4-2-5/h1-4,9H,7-8H2. The highest BCUT2D eigenvalue weighted by Gasteiger charge is 1.88. The monoisotopic (exact) mass is 155 g/mol. The van der Waals surface area contributed by atoms with Crippen molar-refractivity contribution >= 4 is 17.6 Å². The van der Waals surface area contributed by atoms with Crippen LogP contribution in [0.4, 0.5) is 5.69 Å². The molecule has 1 rings (SSSR count). The summed E-state index contributed by atoms with van der Waals surface area (Å²) in [7, 11) is 0. The molecular formula is C6H9N3S. The van der Waals surface area contributed by atoms with Gasteiger partial charge < -0.3 is 5.43 Å². The van der Waals surface area contributed by atoms with E-state index >= 15 is 0 Å². The lowest BCUT2D eigenvalue weighted by Crippen LogP contribution is -2.05. The minimum atomic E-state index is 0.887. The topological polar surface area (TPSA) is 64.1 Å². The molecule has 0 bridgehead atoms. The molecule has 1 aromatic carbocycles. The molecule has 5 N–H and O–H groups in total. The third-order valence-electron chi connectivity index (χ3n) is 1.16. The molecule has 0 amide bonds. The molecule has 0 unspecified atom stereocenters. The molecule has 1 aromatic rings. The first-order valence-electron chi connectivity index (χ1n) is 2.80. The summed E-state index contributed by atoms with van der Waals surface area (Å²) in [5.74, 6) is 5.15. The van der Waals surface area contributed by atoms with Gasteiger partial charge in [-0.15, -0.1) is 0 Å². The van der Waals surface area contributed by atoms with E-state index in [0.717, 1.165) is 10.6 Å². The van der Waals surface area contributed by atoms with E-state index in [1.807, 2.05) is 24.3 Å². The molecule has 10 heavy (non-hydrogen) atoms. The van der Waals surface area contributed by atoms with Crippen LogP contribution in [0, 0.1) is 0 Å². The first kappa shape index (κ1) is 7.40. The highest BCUT2D eigenvalue weighted by atomic mass is 32.2. The number of nitrogens with one attached hydrogen (secondary N) is 1. The first-order valence-corrected chi connectivity index (χ1v) is 3.68. The Morgan fingerprint density at radius 1 is 1.20 bits per heavy atom. The van der Waals surface area contributed by atoms with E-state index in [9.17, 15) is 0 Å². The Hall–Kier alpha value is -0.710. The summed E-state index contributed by atoms with van der Waals surface area (Å²) in [5.41, 5.74) is 3.42. The van der Waals surface area contributed by atoms with Crippen LogP contribution in [-0.4, -0.2) is 0 Å². The number of hydrogen-bond donors (Lipinski definition) is 3. The zero-order valence-corrected chi connectivity index (χ0v) is 6.19. The normalized spacial score (nSPS) is 9.40. The average molecular weight is 155 g/mol. The van der Waals surface area contributed by atoms with E-state index in [4.69, 9.17) is 11.0 Å². The zero-order chi connectivity index (χ0) is 7.40. The molecule has 0 spiro atoms. The molecule has 0 aliphatic heterocycles. The van der Waals surface area contributed by atoms with Crippen LogP contribution in [0.5, 0.6) is 0 Å². The zero-order valence-electron chi connectivity index (χ0n) is 5.37. The smallest absolute Gasteiger partial charge is 0.0485 e. The quantitative estimate of drug-likeness (QED) is 0.338. The first-order chi connectivity index (χ1) is 4.86. The van der Waals surface area contributed by atoms with Gasteiger partial charge in [-0.25, -0.2) is 0 Å². The number of hydrogen-bond acceptors (Lipinski definition) is 4. The van der Waals surface area contributed by atoms with Gasteiger partial charge in [0.25, 0.3) is 0 Å². The Morgan fingerprint density at radius 3 is 2.20 bits per heavy atom. The van der Waals surface area contributed by atoms with Crippen molar-refractivity contribution in [3.63, 3.8) is 0 Å². The van der Waals surface area contributed by atoms with Crippen LogP contribution in [0.15, 0.2) is 29.2 Å². The van der Waals surface area contributed by atoms with Crippen molar-refractivity contribution in [1.29, 1.82) is 0 Å². The molecular weight excluding hydrogens is 146 g/mol. The number of nitrogens with two attached hydrogens (primary N) is 2. The van der Waals surface area contributed by atoms with Crippen LogP contribution in [-0.2, 0) is 0 Å². The van der Waals surface area contributed by atoms with Gasteiger partial charge in [-0.3, -0.25) is 11.0 Å². The van der Waals surface area contributed by atoms with Crippen LogP contribution in [0.1, 0.15) is 0 Å². The largest absolute Gasteiger partial charge is 0.324 e. The van der Waals surface area contributed by atoms with Gasteiger partial charge in [0.15, 0.2) is 0 Å². The number of anilines is 1. The Bertz CT molecular complexity index is 174. The fraction of sp³-hybridized carbons (Fsp3) is 0. The fourth-order valence-corrected chi connectivity index (χ4v) is 0.923. The molecule has 0 aliphatic rings. The van der Waals surface area contributed by atoms with E-state index in [2.05, 4.69) is 5.43 Å². The van der Waals surface area contributed by atoms with Gasteiger partial charge in [0.1, 0.15) is 0 Å². The maximum absolute atomic E-state index is 5.31. The maximum atomic E-state index is 5.31. The Balaban J connectivity index is 2.80. The minimum absolute atomic E-state index is 0.887. The maximum Gasteiger partial charge on any atom is 0.0485 e. The van der Waals surface area contributed by atoms with Gasteiger partial charge in [0.2, 0.25) is 0 Å². The van der Waals surface area contributed by atoms with Crippen LogP contribution < -0.4 is 16.4 Å². The lowest BCUT2D eigenvalue weighted by molar-refractivity contribution is 1.33. The molecule has 0 aliphatic carbocycles. The van der Waals surface area contributed by atoms with E-state index in [0.29, 0.717) is 0 Å². The summed E-state index contributed by atoms with van der Waals surface area (Å²) < 4.78 is 0. The summed E-state index contributed by atoms with van der Waals surface area (Å²) in [4.78, 5) is 1.03. The van der Waals surface area contributed by atoms with Crippen molar-refractivity contribution < 1.29 is 0 Å². The summed E-state index contributed by atoms with van der Waals surface area (Å²) in [6.45, 7) is 0. The van der Waals surface area contributed by atoms with Crippen LogP contribution in [0.3, 0.4) is 0 Å². The summed E-state index contributed by atoms with van der Waals surface area (Å²) in [5, 5.41) is 5.31. The van der Waals surface area contributed by atoms with Crippen molar-refractivity contribution in [3.8, 4) is 0 Å². The van der Waals surface area contributed by atoms with Crippen LogP contribution in [0.25, 0.3) is 0 Å². The molecule has 0 heterocycles. The van der Waals surface area contributed by atoms with Gasteiger partial charge in [0, 0.05) is 10.6 Å². The predicted molar refractivity (Wildman–Crippen MR) is 44.3 cm³/mol. The van der Waals surface area contributed by atoms with Crippen LogP contribution >= 0.6 is 11.9 Å². The number of nitrogen functional groups attached to an aromatic ring is 1. The average Bonchev–Trinajstić information content (AvgIpc) is 2.05. The van der Waals surface area contributed by atoms with Gasteiger partial charge in [-0.2, -0.15) is 0 Å². The van der Waals surface area contributed by atoms with E-state index in [-0.39, 0.29) is 0 Å². The summed E-state index contributed by atoms with van der Waals surface area (Å²) >= 11 is 1.22. The predicted octanol–water partition coefficient (Wildman–Crippen LogP) is 0.938. The molecule has 0 aromatic heterocycles. The highest BCUT2D eigenvalue weighted by Crippen LogP contribution is 2.14. The molecule has 4 heteroatoms. The Morgan fingerprint density at radius 2 is 1.80 bits per heavy atom. The summed E-state index contributed by atoms with van der Waals surface area (Å²) in [6.07, 6.45) is 0. The Labute approximate surface area is 63.9 Å². The van der Waals surface area contributed by atoms with Crippen molar-refractivity contribution in [2.75, 3.05) is 5.43 Å². The van der Waals surface area contributed by atoms with Crippen molar-refractivity contribution in [1.82, 2.24) is 0 Å². The molecule has 0 saturated heterocycles. The van der Waals surface area contributed by atoms with Crippen molar-refractivity contribution in [2.24, 2.45) is 11.0 Å². The Kier molecular flexibility index (Phi) is 2.56. The van der Waals surface area contributed by atoms with Crippen molar-refractivity contribution in [2.45, 2.75) is 4.90 Å². The van der Waals surface area contributed by atoms with Gasteiger partial charge in [-0.1, -0.05) is 0 Å². The second-order valence-corrected chi connectivity index (χ2v) is 2.49. The van der Waals surface area contributed by atoms with Crippen LogP contribution in [0.2, 0.25) is 0 Å². The second kappa shape index (κ2) is 3.46. The SMILES string of the molecule is NNc1ccc(SN)cc1. The molecule has 0 fully saturated rings. The molecule has 3 nitrogen and oxygen atoms in total. The highest BCUT2D eigenvalue weighted by molar-refractivity contribution is 7.97. The minimum Gasteiger partial charge on any atom is -0.324 e. The van der Waals surface area contributed by atoms with E-state index in [1.165, 1.54) is 11.9 Å². The third-order valence-corrected chi connectivity index (χ3v) is 1.70. The molecule has 0 saturated carbocycles. The molecule has 0 atom stereocenters. The number of rotatable bonds is 2. The van der Waals surface area contributed by atoms with Crippen molar-refractivity contribution in [3.05, 3.63) is 24.3 Å². The lowest BCUT2D eigenvalue weighted by Gasteiger charge is -1.98. The fourth-order valence-electron chi connectivity index (χ4n) is 0.630. The van der Waals surface area contributed by atoms with Gasteiger partial charge >= 0.3 is 0 Å². The number of benzene rings is 1. The van der Waals surface area contributed by atoms with E-state index < -0.39 is 0 Å². The number of hydrazine groups is 1. The van der Waals surface area contributed by atoms with E-state index in [1.54, 1.807) is 0 Å². The second-order valence-electron chi connectivity index (χ2n) is 1.79. The van der Waals surface area contributed by atoms with Gasteiger partial charge in [-0.05, 0) is 36.2 Å².